The van der Waals surface area contributed by atoms with Crippen molar-refractivity contribution in [3.8, 4) is 11.1 Å². The molecule has 0 aliphatic carbocycles. The lowest BCUT2D eigenvalue weighted by Crippen LogP contribution is -2.54. The van der Waals surface area contributed by atoms with Gasteiger partial charge in [0, 0.05) is 76.4 Å². The number of aliphatic imine (C=N–C) groups is 1. The highest BCUT2D eigenvalue weighted by atomic mass is 19.4. The minimum Gasteiger partial charge on any atom is -0.404 e. The zero-order chi connectivity index (χ0) is 54.8. The Morgan fingerprint density at radius 2 is 1.63 bits per heavy atom. The number of nitrogens with one attached hydrogen (secondary N) is 3. The molecule has 4 aliphatic rings. The predicted octanol–water partition coefficient (Wildman–Crippen LogP) is 7.54. The third-order valence-corrected chi connectivity index (χ3v) is 13.7. The molecule has 1 unspecified atom stereocenters. The minimum absolute atomic E-state index is 0.00155. The van der Waals surface area contributed by atoms with E-state index in [-0.39, 0.29) is 47.6 Å². The fourth-order valence-corrected chi connectivity index (χ4v) is 9.24. The average molecular weight is 1040 g/mol. The second kappa shape index (κ2) is 24.7. The monoisotopic (exact) mass is 1040 g/mol. The van der Waals surface area contributed by atoms with Crippen molar-refractivity contribution in [2.45, 2.75) is 98.3 Å². The number of benzene rings is 2. The van der Waals surface area contributed by atoms with Gasteiger partial charge in [-0.2, -0.15) is 18.3 Å². The van der Waals surface area contributed by atoms with Crippen LogP contribution in [0.2, 0.25) is 0 Å². The van der Waals surface area contributed by atoms with Crippen LogP contribution in [0.5, 0.6) is 0 Å². The molecule has 3 saturated heterocycles. The zero-order valence-corrected chi connectivity index (χ0v) is 43.5. The van der Waals surface area contributed by atoms with E-state index in [1.54, 1.807) is 6.08 Å². The van der Waals surface area contributed by atoms with Gasteiger partial charge < -0.3 is 20.9 Å². The maximum atomic E-state index is 15.5. The number of piperazine rings is 1. The molecule has 0 bridgehead atoms. The number of allylic oxidation sites excluding steroid dienone is 3. The third kappa shape index (κ3) is 12.9. The summed E-state index contributed by atoms with van der Waals surface area (Å²) in [6, 6.07) is 9.19. The summed E-state index contributed by atoms with van der Waals surface area (Å²) in [5, 5.41) is 10.9. The van der Waals surface area contributed by atoms with Gasteiger partial charge in [-0.1, -0.05) is 44.7 Å². The predicted molar refractivity (Wildman–Crippen MR) is 280 cm³/mol. The van der Waals surface area contributed by atoms with Gasteiger partial charge in [0.2, 0.25) is 11.8 Å². The smallest absolute Gasteiger partial charge is 0.401 e. The number of piperidine rings is 2. The van der Waals surface area contributed by atoms with E-state index in [4.69, 9.17) is 10.7 Å². The Bertz CT molecular complexity index is 2840. The van der Waals surface area contributed by atoms with Crippen LogP contribution in [-0.4, -0.2) is 124 Å². The van der Waals surface area contributed by atoms with Crippen LogP contribution in [0.4, 0.5) is 34.8 Å². The van der Waals surface area contributed by atoms with Crippen LogP contribution in [-0.2, 0) is 26.3 Å². The summed E-state index contributed by atoms with van der Waals surface area (Å²) in [6.45, 7) is 20.4. The Balaban J connectivity index is 0.00000123. The van der Waals surface area contributed by atoms with Crippen molar-refractivity contribution >= 4 is 52.9 Å². The average Bonchev–Trinajstić information content (AvgIpc) is 3.97. The molecule has 17 nitrogen and oxygen atoms in total. The number of amides is 5. The number of carbonyl (C=O) groups is 5. The van der Waals surface area contributed by atoms with E-state index in [2.05, 4.69) is 47.2 Å². The number of rotatable bonds is 13. The summed E-state index contributed by atoms with van der Waals surface area (Å²) >= 11 is 0. The van der Waals surface area contributed by atoms with E-state index < -0.39 is 58.8 Å². The molecule has 75 heavy (non-hydrogen) atoms. The molecule has 6 heterocycles. The summed E-state index contributed by atoms with van der Waals surface area (Å²) in [5.74, 6) is -2.92. The van der Waals surface area contributed by atoms with Gasteiger partial charge in [-0.3, -0.25) is 49.2 Å². The van der Waals surface area contributed by atoms with Crippen molar-refractivity contribution in [2.75, 3.05) is 55.6 Å². The Kier molecular flexibility index (Phi) is 18.7. The van der Waals surface area contributed by atoms with Crippen LogP contribution < -0.4 is 26.2 Å². The number of carbonyl (C=O) groups excluding carboxylic acids is 5. The highest BCUT2D eigenvalue weighted by Crippen LogP contribution is 2.39. The van der Waals surface area contributed by atoms with Crippen LogP contribution in [0.3, 0.4) is 0 Å². The van der Waals surface area contributed by atoms with Crippen molar-refractivity contribution < 1.29 is 41.5 Å². The first-order chi connectivity index (χ1) is 35.8. The van der Waals surface area contributed by atoms with Crippen LogP contribution in [0, 0.1) is 25.6 Å². The number of pyridine rings is 1. The van der Waals surface area contributed by atoms with E-state index in [1.165, 1.54) is 12.3 Å². The Hall–Kier alpha value is -7.55. The maximum absolute atomic E-state index is 15.5. The van der Waals surface area contributed by atoms with Crippen LogP contribution in [0.1, 0.15) is 104 Å². The molecular formula is C54H66F4N12O5. The number of halogens is 4. The molecule has 0 spiro atoms. The van der Waals surface area contributed by atoms with Gasteiger partial charge in [0.25, 0.3) is 17.7 Å². The Morgan fingerprint density at radius 3 is 2.21 bits per heavy atom. The number of nitrogens with zero attached hydrogens (tertiary/aromatic N) is 8. The number of alkyl halides is 3. The van der Waals surface area contributed by atoms with E-state index in [9.17, 15) is 37.1 Å². The molecule has 5 amide bonds. The summed E-state index contributed by atoms with van der Waals surface area (Å²) in [6.07, 6.45) is 6.95. The summed E-state index contributed by atoms with van der Waals surface area (Å²) in [5.41, 5.74) is 8.05. The first-order valence-corrected chi connectivity index (χ1v) is 25.1. The fraction of sp³-hybridized carbons (Fsp3) is 0.426. The normalized spacial score (nSPS) is 17.9. The van der Waals surface area contributed by atoms with E-state index >= 15 is 4.39 Å². The zero-order valence-electron chi connectivity index (χ0n) is 43.5. The topological polar surface area (TPSA) is 215 Å². The maximum Gasteiger partial charge on any atom is 0.401 e. The Morgan fingerprint density at radius 1 is 0.947 bits per heavy atom. The highest BCUT2D eigenvalue weighted by Gasteiger charge is 2.51. The standard InChI is InChI=1S/C47H52F4N12O5.C5H8.C2H6/c1-26-5-7-34(53-23-30(21-52)41(65)55-24-37-56-45(59-58-37)46(3,4)47(49,50)51)27(2)40(26)29-6-9-38(54-22-29)62-17-15-60(16-18-62)25-28-11-13-61(14-12-28)36-20-32-31(19-33(36)48)43(67)63(44(32)68)35-8-10-39(64)57-42(35)66;1-3-5-4-2;1-2/h5-7,9,19-23,28,35H,8,10-18,24-25,52H2,1-4H3,(H,55,65)(H,56,58,59)(H,57,64,66);3-5H,1H2,2H3;1-2H3/b30-21+,53-23?;5-4+;. The molecule has 4 aromatic rings. The first-order valence-electron chi connectivity index (χ1n) is 25.1. The molecule has 3 fully saturated rings. The number of aromatic amines is 1. The van der Waals surface area contributed by atoms with Crippen LogP contribution in [0.15, 0.2) is 84.2 Å². The summed E-state index contributed by atoms with van der Waals surface area (Å²) < 4.78 is 55.8. The largest absolute Gasteiger partial charge is 0.404 e. The number of aromatic nitrogens is 4. The molecule has 8 rings (SSSR count). The van der Waals surface area contributed by atoms with E-state index in [0.717, 1.165) is 105 Å². The number of nitrogens with two attached hydrogens (primary N) is 1. The lowest BCUT2D eigenvalue weighted by molar-refractivity contribution is -0.182. The van der Waals surface area contributed by atoms with Crippen molar-refractivity contribution in [2.24, 2.45) is 16.6 Å². The molecule has 2 aromatic carbocycles. The lowest BCUT2D eigenvalue weighted by Gasteiger charge is -2.39. The second-order valence-corrected chi connectivity index (χ2v) is 18.9. The van der Waals surface area contributed by atoms with Gasteiger partial charge in [-0.15, -0.1) is 0 Å². The van der Waals surface area contributed by atoms with Crippen LogP contribution >= 0.6 is 0 Å². The molecular weight excluding hydrogens is 973 g/mol. The Labute approximate surface area is 434 Å². The highest BCUT2D eigenvalue weighted by molar-refractivity contribution is 6.23. The van der Waals surface area contributed by atoms with Gasteiger partial charge >= 0.3 is 6.18 Å². The molecule has 5 N–H and O–H groups in total. The molecule has 2 aromatic heterocycles. The van der Waals surface area contributed by atoms with Crippen LogP contribution in [0.25, 0.3) is 11.1 Å². The number of aryl methyl sites for hydroxylation is 1. The molecule has 21 heteroatoms. The fourth-order valence-electron chi connectivity index (χ4n) is 9.24. The lowest BCUT2D eigenvalue weighted by atomic mass is 9.92. The number of anilines is 2. The van der Waals surface area contributed by atoms with Gasteiger partial charge in [-0.05, 0) is 107 Å². The SMILES string of the molecule is C=C/C=C/C.CC.Cc1ccc(N=C/C(=C\N)C(=O)NCc2nc(C(C)(C)C(F)(F)F)n[nH]2)c(C)c1-c1ccc(N2CCN(CC3CCN(c4cc5c(cc4F)C(=O)N(C4CCC(=O)NC4=O)C5=O)CC3)CC2)nc1. The van der Waals surface area contributed by atoms with Gasteiger partial charge in [0.05, 0.1) is 34.6 Å². The number of hydrogen-bond donors (Lipinski definition) is 4. The second-order valence-electron chi connectivity index (χ2n) is 18.9. The number of hydrogen-bond acceptors (Lipinski definition) is 13. The van der Waals surface area contributed by atoms with Crippen molar-refractivity contribution in [3.63, 3.8) is 0 Å². The first kappa shape index (κ1) is 56.7. The molecule has 4 aliphatic heterocycles. The molecule has 0 radical (unpaired) electrons. The summed E-state index contributed by atoms with van der Waals surface area (Å²) in [7, 11) is 0. The van der Waals surface area contributed by atoms with E-state index in [0.29, 0.717) is 24.7 Å². The number of fused-ring (bicyclic) bond motifs is 1. The summed E-state index contributed by atoms with van der Waals surface area (Å²) in [4.78, 5) is 84.3. The van der Waals surface area contributed by atoms with Gasteiger partial charge in [-0.25, -0.2) is 14.4 Å². The third-order valence-electron chi connectivity index (χ3n) is 13.7. The van der Waals surface area contributed by atoms with Gasteiger partial charge in [0.15, 0.2) is 5.82 Å². The number of imide groups is 2. The van der Waals surface area contributed by atoms with Crippen molar-refractivity contribution in [3.05, 3.63) is 119 Å². The molecule has 1 atom stereocenters. The molecule has 400 valence electrons. The van der Waals surface area contributed by atoms with Crippen molar-refractivity contribution in [1.82, 2.24) is 40.6 Å². The minimum atomic E-state index is -4.56. The van der Waals surface area contributed by atoms with E-state index in [1.807, 2.05) is 82.1 Å². The number of H-pyrrole nitrogens is 1. The molecule has 0 saturated carbocycles. The quantitative estimate of drug-likeness (QED) is 0.0336. The van der Waals surface area contributed by atoms with Gasteiger partial charge in [0.1, 0.15) is 28.9 Å². The van der Waals surface area contributed by atoms with Crippen molar-refractivity contribution in [1.29, 1.82) is 0 Å².